The molecule has 0 saturated heterocycles. The summed E-state index contributed by atoms with van der Waals surface area (Å²) >= 11 is 0. The maximum Gasteiger partial charge on any atom is 0.309 e. The highest BCUT2D eigenvalue weighted by Crippen LogP contribution is 2.75. The van der Waals surface area contributed by atoms with Crippen LogP contribution in [0.4, 0.5) is 0 Å². The molecule has 0 bridgehead atoms. The number of ketones is 1. The Morgan fingerprint density at radius 3 is 2.11 bits per heavy atom. The van der Waals surface area contributed by atoms with Crippen LogP contribution in [0.3, 0.4) is 0 Å². The lowest BCUT2D eigenvalue weighted by Crippen LogP contribution is -2.66. The van der Waals surface area contributed by atoms with Crippen molar-refractivity contribution in [1.29, 1.82) is 0 Å². The number of hydrogen-bond acceptors (Lipinski definition) is 3. The van der Waals surface area contributed by atoms with Crippen molar-refractivity contribution in [2.24, 2.45) is 56.2 Å². The first-order valence-electron chi connectivity index (χ1n) is 14.2. The Bertz CT molecular complexity index is 1060. The van der Waals surface area contributed by atoms with Gasteiger partial charge in [0.2, 0.25) is 0 Å². The van der Waals surface area contributed by atoms with E-state index in [1.165, 1.54) is 5.57 Å². The second kappa shape index (κ2) is 7.47. The molecule has 4 fully saturated rings. The van der Waals surface area contributed by atoms with Crippen molar-refractivity contribution in [3.05, 3.63) is 11.6 Å². The molecule has 9 atom stereocenters. The van der Waals surface area contributed by atoms with Gasteiger partial charge in [-0.05, 0) is 110 Å². The maximum absolute atomic E-state index is 14.3. The molecule has 0 radical (unpaired) electrons. The van der Waals surface area contributed by atoms with Crippen molar-refractivity contribution in [2.75, 3.05) is 0 Å². The highest BCUT2D eigenvalue weighted by molar-refractivity contribution is 5.95. The van der Waals surface area contributed by atoms with Crippen LogP contribution in [0, 0.1) is 56.2 Å². The van der Waals surface area contributed by atoms with Gasteiger partial charge in [-0.2, -0.15) is 0 Å². The molecule has 5 rings (SSSR count). The third kappa shape index (κ3) is 3.04. The van der Waals surface area contributed by atoms with Crippen LogP contribution in [0.15, 0.2) is 11.6 Å². The van der Waals surface area contributed by atoms with Gasteiger partial charge in [-0.3, -0.25) is 14.4 Å². The van der Waals surface area contributed by atoms with E-state index in [4.69, 9.17) is 0 Å². The lowest BCUT2D eigenvalue weighted by atomic mass is 9.33. The van der Waals surface area contributed by atoms with Gasteiger partial charge in [0.1, 0.15) is 0 Å². The minimum Gasteiger partial charge on any atom is -0.481 e. The molecule has 5 nitrogen and oxygen atoms in total. The second-order valence-electron chi connectivity index (χ2n) is 15.3. The molecule has 0 amide bonds. The van der Waals surface area contributed by atoms with Crippen LogP contribution >= 0.6 is 0 Å². The predicted molar refractivity (Wildman–Crippen MR) is 138 cm³/mol. The highest BCUT2D eigenvalue weighted by Gasteiger charge is 2.70. The fourth-order valence-electron chi connectivity index (χ4n) is 10.8. The topological polar surface area (TPSA) is 91.7 Å². The molecule has 0 aromatic heterocycles. The number of carbonyl (C=O) groups excluding carboxylic acids is 1. The lowest BCUT2D eigenvalue weighted by Gasteiger charge is -2.70. The molecule has 0 spiro atoms. The number of aliphatic carboxylic acids is 2. The summed E-state index contributed by atoms with van der Waals surface area (Å²) < 4.78 is 0. The predicted octanol–water partition coefficient (Wildman–Crippen LogP) is 6.75. The smallest absolute Gasteiger partial charge is 0.309 e. The van der Waals surface area contributed by atoms with Crippen LogP contribution in [0.25, 0.3) is 0 Å². The van der Waals surface area contributed by atoms with Crippen molar-refractivity contribution in [3.63, 3.8) is 0 Å². The quantitative estimate of drug-likeness (QED) is 0.439. The van der Waals surface area contributed by atoms with E-state index < -0.39 is 17.4 Å². The molecule has 5 unspecified atom stereocenters. The third-order valence-corrected chi connectivity index (χ3v) is 13.4. The summed E-state index contributed by atoms with van der Waals surface area (Å²) in [6.07, 6.45) is 9.58. The van der Waals surface area contributed by atoms with Gasteiger partial charge in [0.05, 0.1) is 11.3 Å². The SMILES string of the molecule is CC1(C(=O)O)CCC2(C)CCC3(C)C(=CC(=O)[C@H]4C3(C)CCC3C(C)(C)[C@@H](C(=O)O)CC[C@@]34C)[C@@H]2C1. The van der Waals surface area contributed by atoms with Crippen LogP contribution in [-0.4, -0.2) is 27.9 Å². The Balaban J connectivity index is 1.61. The van der Waals surface area contributed by atoms with E-state index in [9.17, 15) is 24.6 Å². The van der Waals surface area contributed by atoms with Crippen molar-refractivity contribution in [1.82, 2.24) is 0 Å². The third-order valence-electron chi connectivity index (χ3n) is 13.4. The Kier molecular flexibility index (Phi) is 5.39. The fourth-order valence-corrected chi connectivity index (χ4v) is 10.8. The molecule has 36 heavy (non-hydrogen) atoms. The molecule has 4 saturated carbocycles. The molecule has 2 N–H and O–H groups in total. The highest BCUT2D eigenvalue weighted by atomic mass is 16.4. The second-order valence-corrected chi connectivity index (χ2v) is 15.3. The number of carboxylic acid groups (broad SMARTS) is 2. The van der Waals surface area contributed by atoms with Gasteiger partial charge in [0.25, 0.3) is 0 Å². The molecular formula is C31H46O5. The average Bonchev–Trinajstić information content (AvgIpc) is 2.75. The van der Waals surface area contributed by atoms with E-state index in [2.05, 4.69) is 41.5 Å². The van der Waals surface area contributed by atoms with Crippen LogP contribution in [0.2, 0.25) is 0 Å². The summed E-state index contributed by atoms with van der Waals surface area (Å²) in [7, 11) is 0. The van der Waals surface area contributed by atoms with Crippen LogP contribution in [0.1, 0.15) is 106 Å². The van der Waals surface area contributed by atoms with Crippen LogP contribution in [-0.2, 0) is 14.4 Å². The van der Waals surface area contributed by atoms with Crippen molar-refractivity contribution >= 4 is 17.7 Å². The molecular weight excluding hydrogens is 452 g/mol. The molecule has 0 aromatic rings. The van der Waals surface area contributed by atoms with E-state index in [1.54, 1.807) is 0 Å². The minimum atomic E-state index is -0.743. The number of rotatable bonds is 2. The Hall–Kier alpha value is -1.65. The van der Waals surface area contributed by atoms with E-state index in [0.29, 0.717) is 19.3 Å². The average molecular weight is 499 g/mol. The Morgan fingerprint density at radius 1 is 0.861 bits per heavy atom. The Labute approximate surface area is 216 Å². The van der Waals surface area contributed by atoms with Gasteiger partial charge in [0.15, 0.2) is 5.78 Å². The number of allylic oxidation sites excluding steroid dienone is 2. The van der Waals surface area contributed by atoms with Gasteiger partial charge in [-0.15, -0.1) is 0 Å². The monoisotopic (exact) mass is 498 g/mol. The number of carboxylic acids is 2. The summed E-state index contributed by atoms with van der Waals surface area (Å²) in [5.41, 5.74) is -0.401. The largest absolute Gasteiger partial charge is 0.481 e. The molecule has 200 valence electrons. The van der Waals surface area contributed by atoms with Crippen molar-refractivity contribution in [3.8, 4) is 0 Å². The standard InChI is InChI=1S/C31H46O5/c1-26(2)18(24(33)34)8-10-29(5)22(26)9-11-31(7)23(29)21(32)16-19-20-17-28(4,25(35)36)13-12-27(20,3)14-15-30(19,31)6/h16,18,20,22-23H,8-15,17H2,1-7H3,(H,33,34)(H,35,36)/t18-,20+,22?,23-,27?,28?,29+,30?,31?/m1/s1. The van der Waals surface area contributed by atoms with Gasteiger partial charge in [-0.1, -0.05) is 47.1 Å². The lowest BCUT2D eigenvalue weighted by molar-refractivity contribution is -0.198. The molecule has 5 aliphatic rings. The minimum absolute atomic E-state index is 0.0480. The van der Waals surface area contributed by atoms with E-state index in [0.717, 1.165) is 38.5 Å². The normalized spacial score (nSPS) is 51.6. The zero-order valence-corrected chi connectivity index (χ0v) is 23.4. The summed E-state index contributed by atoms with van der Waals surface area (Å²) in [5, 5.41) is 20.0. The number of hydrogen-bond donors (Lipinski definition) is 2. The first-order valence-corrected chi connectivity index (χ1v) is 14.2. The van der Waals surface area contributed by atoms with E-state index in [-0.39, 0.29) is 56.5 Å². The Morgan fingerprint density at radius 2 is 1.50 bits per heavy atom. The summed E-state index contributed by atoms with van der Waals surface area (Å²) in [5.74, 6) is -1.37. The zero-order chi connectivity index (χ0) is 26.7. The molecule has 0 aliphatic heterocycles. The van der Waals surface area contributed by atoms with Crippen molar-refractivity contribution < 1.29 is 24.6 Å². The first-order chi connectivity index (χ1) is 16.5. The number of fused-ring (bicyclic) bond motifs is 7. The van der Waals surface area contributed by atoms with Gasteiger partial charge < -0.3 is 10.2 Å². The molecule has 0 heterocycles. The van der Waals surface area contributed by atoms with Crippen LogP contribution < -0.4 is 0 Å². The van der Waals surface area contributed by atoms with E-state index in [1.807, 2.05) is 13.0 Å². The summed E-state index contributed by atoms with van der Waals surface area (Å²) in [6, 6.07) is 0. The zero-order valence-electron chi connectivity index (χ0n) is 23.4. The number of carbonyl (C=O) groups is 3. The summed E-state index contributed by atoms with van der Waals surface area (Å²) in [4.78, 5) is 38.7. The van der Waals surface area contributed by atoms with E-state index >= 15 is 0 Å². The van der Waals surface area contributed by atoms with Gasteiger partial charge in [0, 0.05) is 5.92 Å². The maximum atomic E-state index is 14.3. The molecule has 5 aliphatic carbocycles. The van der Waals surface area contributed by atoms with Gasteiger partial charge in [-0.25, -0.2) is 0 Å². The van der Waals surface area contributed by atoms with Gasteiger partial charge >= 0.3 is 11.9 Å². The van der Waals surface area contributed by atoms with Crippen molar-refractivity contribution in [2.45, 2.75) is 106 Å². The molecule has 5 heteroatoms. The van der Waals surface area contributed by atoms with Crippen LogP contribution in [0.5, 0.6) is 0 Å². The molecule has 0 aromatic carbocycles. The first kappa shape index (κ1) is 26.0. The fraction of sp³-hybridized carbons (Fsp3) is 0.839. The summed E-state index contributed by atoms with van der Waals surface area (Å²) in [6.45, 7) is 15.5.